The summed E-state index contributed by atoms with van der Waals surface area (Å²) in [6, 6.07) is 5.92. The second-order valence-corrected chi connectivity index (χ2v) is 7.26. The van der Waals surface area contributed by atoms with Gasteiger partial charge in [-0.05, 0) is 53.7 Å². The summed E-state index contributed by atoms with van der Waals surface area (Å²) in [6.45, 7) is 8.91. The minimum absolute atomic E-state index is 0.191. The lowest BCUT2D eigenvalue weighted by Gasteiger charge is -2.21. The van der Waals surface area contributed by atoms with Crippen molar-refractivity contribution in [2.45, 2.75) is 47.1 Å². The van der Waals surface area contributed by atoms with Gasteiger partial charge in [-0.3, -0.25) is 9.59 Å². The van der Waals surface area contributed by atoms with Crippen molar-refractivity contribution in [2.75, 3.05) is 19.0 Å². The molecule has 0 fully saturated rings. The van der Waals surface area contributed by atoms with Crippen molar-refractivity contribution >= 4 is 27.5 Å². The summed E-state index contributed by atoms with van der Waals surface area (Å²) in [6.07, 6.45) is 1.37. The van der Waals surface area contributed by atoms with Crippen LogP contribution in [0.15, 0.2) is 27.5 Å². The van der Waals surface area contributed by atoms with E-state index in [1.807, 2.05) is 50.5 Å². The first-order chi connectivity index (χ1) is 12.9. The van der Waals surface area contributed by atoms with E-state index in [0.29, 0.717) is 24.0 Å². The molecular formula is C21H27BrN2O3. The van der Waals surface area contributed by atoms with Crippen molar-refractivity contribution in [3.8, 4) is 0 Å². The molecule has 1 aromatic carbocycles. The molecule has 1 heterocycles. The summed E-state index contributed by atoms with van der Waals surface area (Å²) >= 11 is 3.38. The molecule has 0 saturated carbocycles. The molecular weight excluding hydrogens is 408 g/mol. The van der Waals surface area contributed by atoms with Crippen LogP contribution in [0.4, 0.5) is 5.69 Å². The molecule has 27 heavy (non-hydrogen) atoms. The Morgan fingerprint density at radius 1 is 1.22 bits per heavy atom. The van der Waals surface area contributed by atoms with E-state index in [1.165, 1.54) is 0 Å². The van der Waals surface area contributed by atoms with Gasteiger partial charge in [0.2, 0.25) is 5.43 Å². The van der Waals surface area contributed by atoms with E-state index in [-0.39, 0.29) is 16.9 Å². The smallest absolute Gasteiger partial charge is 0.261 e. The number of ether oxygens (including phenoxy) is 1. The molecule has 6 heteroatoms. The third-order valence-corrected chi connectivity index (χ3v) is 5.76. The maximum absolute atomic E-state index is 13.1. The van der Waals surface area contributed by atoms with Crippen LogP contribution >= 0.6 is 15.9 Å². The van der Waals surface area contributed by atoms with Gasteiger partial charge >= 0.3 is 0 Å². The van der Waals surface area contributed by atoms with Crippen molar-refractivity contribution in [1.29, 1.82) is 0 Å². The summed E-state index contributed by atoms with van der Waals surface area (Å²) in [4.78, 5) is 26.1. The van der Waals surface area contributed by atoms with Gasteiger partial charge in [-0.2, -0.15) is 0 Å². The number of hydrogen-bond acceptors (Lipinski definition) is 3. The van der Waals surface area contributed by atoms with Crippen molar-refractivity contribution in [1.82, 2.24) is 4.57 Å². The molecule has 2 rings (SSSR count). The Morgan fingerprint density at radius 2 is 1.93 bits per heavy atom. The van der Waals surface area contributed by atoms with Crippen LogP contribution in [0, 0.1) is 13.8 Å². The van der Waals surface area contributed by atoms with Crippen molar-refractivity contribution < 1.29 is 9.53 Å². The van der Waals surface area contributed by atoms with Crippen molar-refractivity contribution in [3.05, 3.63) is 61.0 Å². The average molecular weight is 435 g/mol. The summed E-state index contributed by atoms with van der Waals surface area (Å²) in [5.41, 5.74) is 4.25. The van der Waals surface area contributed by atoms with E-state index in [9.17, 15) is 9.59 Å². The number of methoxy groups -OCH3 is 1. The highest BCUT2D eigenvalue weighted by Gasteiger charge is 2.23. The number of anilines is 1. The highest BCUT2D eigenvalue weighted by molar-refractivity contribution is 9.10. The first-order valence-electron chi connectivity index (χ1n) is 9.17. The number of para-hydroxylation sites is 1. The van der Waals surface area contributed by atoms with Crippen molar-refractivity contribution in [3.63, 3.8) is 0 Å². The molecule has 1 aromatic heterocycles. The maximum atomic E-state index is 13.1. The molecule has 1 amide bonds. The van der Waals surface area contributed by atoms with E-state index in [1.54, 1.807) is 7.11 Å². The minimum atomic E-state index is -0.368. The average Bonchev–Trinajstić information content (AvgIpc) is 2.66. The molecule has 1 N–H and O–H groups in total. The largest absolute Gasteiger partial charge is 0.383 e. The van der Waals surface area contributed by atoms with E-state index >= 15 is 0 Å². The van der Waals surface area contributed by atoms with Crippen LogP contribution in [0.25, 0.3) is 0 Å². The van der Waals surface area contributed by atoms with Gasteiger partial charge < -0.3 is 14.6 Å². The highest BCUT2D eigenvalue weighted by atomic mass is 79.9. The number of rotatable bonds is 7. The normalized spacial score (nSPS) is 10.9. The number of benzene rings is 1. The quantitative estimate of drug-likeness (QED) is 0.708. The van der Waals surface area contributed by atoms with Gasteiger partial charge in [0.1, 0.15) is 5.56 Å². The first-order valence-corrected chi connectivity index (χ1v) is 9.97. The van der Waals surface area contributed by atoms with Crippen LogP contribution in [0.3, 0.4) is 0 Å². The Hall–Kier alpha value is -1.92. The molecule has 0 aliphatic rings. The fourth-order valence-electron chi connectivity index (χ4n) is 3.33. The number of hydrogen-bond donors (Lipinski definition) is 1. The van der Waals surface area contributed by atoms with Gasteiger partial charge in [0.05, 0.1) is 11.1 Å². The van der Waals surface area contributed by atoms with Gasteiger partial charge in [0.25, 0.3) is 5.91 Å². The molecule has 0 unspecified atom stereocenters. The monoisotopic (exact) mass is 434 g/mol. The fourth-order valence-corrected chi connectivity index (χ4v) is 3.74. The van der Waals surface area contributed by atoms with E-state index in [0.717, 1.165) is 34.6 Å². The number of carbonyl (C=O) groups excluding carboxylic acids is 1. The van der Waals surface area contributed by atoms with Gasteiger partial charge in [0, 0.05) is 30.7 Å². The van der Waals surface area contributed by atoms with Crippen LogP contribution in [0.1, 0.15) is 46.7 Å². The Morgan fingerprint density at radius 3 is 2.52 bits per heavy atom. The Bertz CT molecular complexity index is 903. The number of nitrogens with one attached hydrogen (secondary N) is 1. The van der Waals surface area contributed by atoms with Crippen LogP contribution in [0.2, 0.25) is 0 Å². The SMILES string of the molecule is CCc1cccc(C)c1NC(=O)c1c(CC)n(CCOC)c(C)c(Br)c1=O. The topological polar surface area (TPSA) is 60.3 Å². The van der Waals surface area contributed by atoms with E-state index < -0.39 is 0 Å². The summed E-state index contributed by atoms with van der Waals surface area (Å²) in [5.74, 6) is -0.368. The molecule has 0 aliphatic heterocycles. The second-order valence-electron chi connectivity index (χ2n) is 6.46. The van der Waals surface area contributed by atoms with Crippen molar-refractivity contribution in [2.24, 2.45) is 0 Å². The number of aryl methyl sites for hydroxylation is 2. The Kier molecular flexibility index (Phi) is 7.39. The van der Waals surface area contributed by atoms with Crippen LogP contribution in [-0.4, -0.2) is 24.2 Å². The number of pyridine rings is 1. The maximum Gasteiger partial charge on any atom is 0.261 e. The lowest BCUT2D eigenvalue weighted by atomic mass is 10.0. The molecule has 0 spiro atoms. The number of nitrogens with zero attached hydrogens (tertiary/aromatic N) is 1. The molecule has 0 atom stereocenters. The summed E-state index contributed by atoms with van der Waals surface area (Å²) in [5, 5.41) is 2.99. The van der Waals surface area contributed by atoms with Gasteiger partial charge in [0.15, 0.2) is 0 Å². The van der Waals surface area contributed by atoms with Crippen LogP contribution < -0.4 is 10.7 Å². The molecule has 0 radical (unpaired) electrons. The molecule has 0 bridgehead atoms. The van der Waals surface area contributed by atoms with Gasteiger partial charge in [-0.15, -0.1) is 0 Å². The molecule has 146 valence electrons. The zero-order chi connectivity index (χ0) is 20.1. The van der Waals surface area contributed by atoms with Crippen LogP contribution in [0.5, 0.6) is 0 Å². The highest BCUT2D eigenvalue weighted by Crippen LogP contribution is 2.23. The van der Waals surface area contributed by atoms with E-state index in [4.69, 9.17) is 4.74 Å². The molecule has 0 saturated heterocycles. The predicted molar refractivity (Wildman–Crippen MR) is 113 cm³/mol. The number of carbonyl (C=O) groups is 1. The minimum Gasteiger partial charge on any atom is -0.383 e. The third-order valence-electron chi connectivity index (χ3n) is 4.82. The summed E-state index contributed by atoms with van der Waals surface area (Å²) in [7, 11) is 1.64. The zero-order valence-electron chi connectivity index (χ0n) is 16.6. The number of halogens is 1. The van der Waals surface area contributed by atoms with Crippen LogP contribution in [-0.2, 0) is 24.1 Å². The Labute approximate surface area is 168 Å². The zero-order valence-corrected chi connectivity index (χ0v) is 18.2. The van der Waals surface area contributed by atoms with E-state index in [2.05, 4.69) is 21.2 Å². The van der Waals surface area contributed by atoms with Gasteiger partial charge in [-0.1, -0.05) is 32.0 Å². The lowest BCUT2D eigenvalue weighted by Crippen LogP contribution is -2.30. The van der Waals surface area contributed by atoms with Gasteiger partial charge in [-0.25, -0.2) is 0 Å². The lowest BCUT2D eigenvalue weighted by molar-refractivity contribution is 0.102. The summed E-state index contributed by atoms with van der Waals surface area (Å²) < 4.78 is 7.60. The number of aromatic nitrogens is 1. The molecule has 0 aliphatic carbocycles. The standard InChI is InChI=1S/C21H27BrN2O3/c1-6-15-10-8-9-13(3)19(15)23-21(26)17-16(7-2)24(11-12-27-5)14(4)18(22)20(17)25/h8-10H,6-7,11-12H2,1-5H3,(H,23,26). The molecule has 2 aromatic rings. The number of amides is 1. The Balaban J connectivity index is 2.59. The second kappa shape index (κ2) is 9.33. The third kappa shape index (κ3) is 4.33. The predicted octanol–water partition coefficient (Wildman–Crippen LogP) is 4.25. The fraction of sp³-hybridized carbons (Fsp3) is 0.429. The first kappa shape index (κ1) is 21.4. The molecule has 5 nitrogen and oxygen atoms in total.